The number of nitrogens with zero attached hydrogens (tertiary/aromatic N) is 1. The Balaban J connectivity index is 1.83. The van der Waals surface area contributed by atoms with Crippen molar-refractivity contribution in [2.75, 3.05) is 6.54 Å². The molecular weight excluding hydrogens is 356 g/mol. The maximum Gasteiger partial charge on any atom is 0.270 e. The van der Waals surface area contributed by atoms with Crippen LogP contribution in [0.15, 0.2) is 42.5 Å². The van der Waals surface area contributed by atoms with E-state index in [0.29, 0.717) is 6.54 Å². The number of carbonyl (C=O) groups is 1. The van der Waals surface area contributed by atoms with Gasteiger partial charge in [0.2, 0.25) is 0 Å². The highest BCUT2D eigenvalue weighted by atomic mass is 35.5. The molecule has 0 unspecified atom stereocenters. The third-order valence-corrected chi connectivity index (χ3v) is 3.96. The maximum absolute atomic E-state index is 12.2. The predicted molar refractivity (Wildman–Crippen MR) is 101 cm³/mol. The quantitative estimate of drug-likeness (QED) is 0.420. The molecule has 1 N–H and O–H groups in total. The van der Waals surface area contributed by atoms with Crippen LogP contribution in [0.1, 0.15) is 36.2 Å². The first-order valence-corrected chi connectivity index (χ1v) is 8.72. The van der Waals surface area contributed by atoms with Gasteiger partial charge < -0.3 is 10.1 Å². The lowest BCUT2D eigenvalue weighted by atomic mass is 10.1. The van der Waals surface area contributed by atoms with Crippen molar-refractivity contribution in [3.8, 4) is 5.75 Å². The molecule has 0 aliphatic heterocycles. The molecule has 0 bridgehead atoms. The van der Waals surface area contributed by atoms with Crippen LogP contribution >= 0.6 is 11.6 Å². The fourth-order valence-corrected chi connectivity index (χ4v) is 2.60. The van der Waals surface area contributed by atoms with Gasteiger partial charge in [-0.25, -0.2) is 0 Å². The second-order valence-electron chi connectivity index (χ2n) is 6.09. The van der Waals surface area contributed by atoms with E-state index in [1.165, 1.54) is 18.2 Å². The Kier molecular flexibility index (Phi) is 6.97. The number of nitrogens with one attached hydrogen (secondary N) is 1. The second kappa shape index (κ2) is 9.20. The van der Waals surface area contributed by atoms with Gasteiger partial charge in [-0.15, -0.1) is 0 Å². The Hall–Kier alpha value is -2.60. The van der Waals surface area contributed by atoms with Crippen LogP contribution in [0.5, 0.6) is 5.75 Å². The van der Waals surface area contributed by atoms with E-state index in [1.807, 2.05) is 38.1 Å². The minimum absolute atomic E-state index is 0.107. The highest BCUT2D eigenvalue weighted by Crippen LogP contribution is 2.22. The topological polar surface area (TPSA) is 81.5 Å². The van der Waals surface area contributed by atoms with Crippen molar-refractivity contribution >= 4 is 23.2 Å². The van der Waals surface area contributed by atoms with Crippen LogP contribution in [-0.2, 0) is 6.42 Å². The molecule has 0 saturated heterocycles. The first-order chi connectivity index (χ1) is 12.4. The molecule has 138 valence electrons. The Morgan fingerprint density at radius 1 is 1.23 bits per heavy atom. The molecule has 1 amide bonds. The third kappa shape index (κ3) is 5.74. The summed E-state index contributed by atoms with van der Waals surface area (Å²) in [7, 11) is 0. The van der Waals surface area contributed by atoms with Gasteiger partial charge in [-0.3, -0.25) is 14.9 Å². The highest BCUT2D eigenvalue weighted by Gasteiger charge is 2.15. The van der Waals surface area contributed by atoms with E-state index in [-0.39, 0.29) is 22.4 Å². The predicted octanol–water partition coefficient (Wildman–Crippen LogP) is 4.40. The Labute approximate surface area is 157 Å². The molecule has 26 heavy (non-hydrogen) atoms. The number of halogens is 1. The second-order valence-corrected chi connectivity index (χ2v) is 6.50. The first kappa shape index (κ1) is 19.7. The summed E-state index contributed by atoms with van der Waals surface area (Å²) in [5.41, 5.74) is 1.09. The largest absolute Gasteiger partial charge is 0.491 e. The number of aryl methyl sites for hydroxylation is 1. The molecule has 2 rings (SSSR count). The van der Waals surface area contributed by atoms with Gasteiger partial charge in [0, 0.05) is 18.7 Å². The summed E-state index contributed by atoms with van der Waals surface area (Å²) in [6, 6.07) is 11.7. The van der Waals surface area contributed by atoms with Gasteiger partial charge in [0.25, 0.3) is 11.6 Å². The normalized spacial score (nSPS) is 10.6. The third-order valence-electron chi connectivity index (χ3n) is 3.63. The number of benzene rings is 2. The number of carbonyl (C=O) groups excluding carboxylic acids is 1. The smallest absolute Gasteiger partial charge is 0.270 e. The fraction of sp³-hybridized carbons (Fsp3) is 0.316. The van der Waals surface area contributed by atoms with Crippen LogP contribution in [0, 0.1) is 10.1 Å². The summed E-state index contributed by atoms with van der Waals surface area (Å²) in [6.45, 7) is 4.40. The van der Waals surface area contributed by atoms with E-state index >= 15 is 0 Å². The molecule has 0 aliphatic carbocycles. The Bertz CT molecular complexity index is 776. The van der Waals surface area contributed by atoms with Crippen molar-refractivity contribution in [3.63, 3.8) is 0 Å². The highest BCUT2D eigenvalue weighted by molar-refractivity contribution is 6.33. The Morgan fingerprint density at radius 2 is 1.92 bits per heavy atom. The molecule has 6 nitrogen and oxygen atoms in total. The summed E-state index contributed by atoms with van der Waals surface area (Å²) in [5.74, 6) is 0.414. The standard InChI is InChI=1S/C19H21ClN2O4/c1-13(2)26-16-8-5-14(6-9-16)4-3-11-21-19(23)17-12-15(22(24)25)7-10-18(17)20/h5-10,12-13H,3-4,11H2,1-2H3,(H,21,23). The van der Waals surface area contributed by atoms with Crippen LogP contribution in [0.4, 0.5) is 5.69 Å². The Morgan fingerprint density at radius 3 is 2.54 bits per heavy atom. The van der Waals surface area contributed by atoms with Gasteiger partial charge in [-0.2, -0.15) is 0 Å². The molecule has 0 saturated carbocycles. The molecule has 0 radical (unpaired) electrons. The molecule has 0 heterocycles. The molecular formula is C19H21ClN2O4. The average molecular weight is 377 g/mol. The summed E-state index contributed by atoms with van der Waals surface area (Å²) in [4.78, 5) is 22.4. The first-order valence-electron chi connectivity index (χ1n) is 8.34. The molecule has 2 aromatic carbocycles. The summed E-state index contributed by atoms with van der Waals surface area (Å²) in [5, 5.41) is 13.7. The van der Waals surface area contributed by atoms with Crippen molar-refractivity contribution in [1.29, 1.82) is 0 Å². The summed E-state index contributed by atoms with van der Waals surface area (Å²) < 4.78 is 5.60. The molecule has 7 heteroatoms. The number of hydrogen-bond acceptors (Lipinski definition) is 4. The molecule has 0 aromatic heterocycles. The van der Waals surface area contributed by atoms with Crippen molar-refractivity contribution < 1.29 is 14.5 Å². The number of nitro groups is 1. The molecule has 0 atom stereocenters. The van der Waals surface area contributed by atoms with Crippen LogP contribution in [0.3, 0.4) is 0 Å². The average Bonchev–Trinajstić information content (AvgIpc) is 2.59. The van der Waals surface area contributed by atoms with Crippen molar-refractivity contribution in [1.82, 2.24) is 5.32 Å². The summed E-state index contributed by atoms with van der Waals surface area (Å²) >= 11 is 5.96. The fourth-order valence-electron chi connectivity index (χ4n) is 2.40. The zero-order valence-corrected chi connectivity index (χ0v) is 15.5. The monoisotopic (exact) mass is 376 g/mol. The van der Waals surface area contributed by atoms with E-state index in [1.54, 1.807) is 0 Å². The van der Waals surface area contributed by atoms with Crippen molar-refractivity contribution in [2.24, 2.45) is 0 Å². The van der Waals surface area contributed by atoms with E-state index in [0.717, 1.165) is 24.2 Å². The number of non-ortho nitro benzene ring substituents is 1. The van der Waals surface area contributed by atoms with E-state index < -0.39 is 10.8 Å². The number of ether oxygens (including phenoxy) is 1. The van der Waals surface area contributed by atoms with Crippen LogP contribution in [0.2, 0.25) is 5.02 Å². The number of nitro benzene ring substituents is 1. The van der Waals surface area contributed by atoms with Crippen LogP contribution < -0.4 is 10.1 Å². The number of hydrogen-bond donors (Lipinski definition) is 1. The van der Waals surface area contributed by atoms with Gasteiger partial charge in [0.05, 0.1) is 21.6 Å². The zero-order valence-electron chi connectivity index (χ0n) is 14.7. The molecule has 0 spiro atoms. The number of amides is 1. The van der Waals surface area contributed by atoms with E-state index in [2.05, 4.69) is 5.32 Å². The lowest BCUT2D eigenvalue weighted by molar-refractivity contribution is -0.384. The van der Waals surface area contributed by atoms with Crippen molar-refractivity contribution in [3.05, 3.63) is 68.7 Å². The minimum atomic E-state index is -0.556. The van der Waals surface area contributed by atoms with Gasteiger partial charge in [-0.05, 0) is 50.5 Å². The molecule has 2 aromatic rings. The summed E-state index contributed by atoms with van der Waals surface area (Å²) in [6.07, 6.45) is 1.67. The minimum Gasteiger partial charge on any atom is -0.491 e. The van der Waals surface area contributed by atoms with Gasteiger partial charge in [0.1, 0.15) is 5.75 Å². The lowest BCUT2D eigenvalue weighted by Gasteiger charge is -2.10. The van der Waals surface area contributed by atoms with Crippen LogP contribution in [-0.4, -0.2) is 23.5 Å². The zero-order chi connectivity index (χ0) is 19.1. The van der Waals surface area contributed by atoms with Gasteiger partial charge >= 0.3 is 0 Å². The van der Waals surface area contributed by atoms with Crippen LogP contribution in [0.25, 0.3) is 0 Å². The SMILES string of the molecule is CC(C)Oc1ccc(CCCNC(=O)c2cc([N+](=O)[O-])ccc2Cl)cc1. The lowest BCUT2D eigenvalue weighted by Crippen LogP contribution is -2.25. The molecule has 0 fully saturated rings. The maximum atomic E-state index is 12.2. The van der Waals surface area contributed by atoms with Gasteiger partial charge in [-0.1, -0.05) is 23.7 Å². The van der Waals surface area contributed by atoms with E-state index in [4.69, 9.17) is 16.3 Å². The number of rotatable bonds is 8. The van der Waals surface area contributed by atoms with Crippen molar-refractivity contribution in [2.45, 2.75) is 32.8 Å². The van der Waals surface area contributed by atoms with Gasteiger partial charge in [0.15, 0.2) is 0 Å². The molecule has 0 aliphatic rings. The van der Waals surface area contributed by atoms with E-state index in [9.17, 15) is 14.9 Å².